The molecule has 0 aliphatic heterocycles. The minimum Gasteiger partial charge on any atom is -0.502 e. The molecule has 108 valence electrons. The molecule has 2 N–H and O–H groups in total. The molecule has 0 aromatic heterocycles. The van der Waals surface area contributed by atoms with E-state index in [-0.39, 0.29) is 21.3 Å². The Balaban J connectivity index is 2.38. The molecule has 0 radical (unpaired) electrons. The van der Waals surface area contributed by atoms with Crippen LogP contribution in [0.5, 0.6) is 5.75 Å². The Morgan fingerprint density at radius 3 is 2.29 bits per heavy atom. The van der Waals surface area contributed by atoms with Gasteiger partial charge in [-0.05, 0) is 18.2 Å². The minimum atomic E-state index is -0.783. The second kappa shape index (κ2) is 5.99. The molecule has 2 rings (SSSR count). The van der Waals surface area contributed by atoms with Gasteiger partial charge >= 0.3 is 5.69 Å². The van der Waals surface area contributed by atoms with Gasteiger partial charge in [0, 0.05) is 6.07 Å². The fourth-order valence-electron chi connectivity index (χ4n) is 1.66. The number of nitrogens with zero attached hydrogens (tertiary/aromatic N) is 1. The predicted molar refractivity (Wildman–Crippen MR) is 79.2 cm³/mol. The Kier molecular flexibility index (Phi) is 4.30. The first-order valence-electron chi connectivity index (χ1n) is 5.63. The van der Waals surface area contributed by atoms with E-state index in [1.807, 2.05) is 0 Å². The van der Waals surface area contributed by atoms with E-state index in [2.05, 4.69) is 5.32 Å². The SMILES string of the molecule is O=C(Nc1c(Cl)cccc1Cl)c1cccc([N+](=O)[O-])c1O. The molecule has 6 nitrogen and oxygen atoms in total. The first kappa shape index (κ1) is 15.1. The molecule has 0 spiro atoms. The monoisotopic (exact) mass is 326 g/mol. The number of hydrogen-bond acceptors (Lipinski definition) is 4. The maximum absolute atomic E-state index is 12.1. The Bertz CT molecular complexity index is 714. The van der Waals surface area contributed by atoms with Gasteiger partial charge in [-0.2, -0.15) is 0 Å². The summed E-state index contributed by atoms with van der Waals surface area (Å²) in [4.78, 5) is 22.1. The van der Waals surface area contributed by atoms with Crippen molar-refractivity contribution < 1.29 is 14.8 Å². The maximum atomic E-state index is 12.1. The van der Waals surface area contributed by atoms with Crippen LogP contribution in [0.1, 0.15) is 10.4 Å². The van der Waals surface area contributed by atoms with Crippen molar-refractivity contribution in [3.05, 3.63) is 62.1 Å². The highest BCUT2D eigenvalue weighted by molar-refractivity contribution is 6.40. The zero-order valence-corrected chi connectivity index (χ0v) is 11.9. The number of carbonyl (C=O) groups is 1. The molecular weight excluding hydrogens is 319 g/mol. The second-order valence-corrected chi connectivity index (χ2v) is 4.80. The number of phenolic OH excluding ortho intramolecular Hbond substituents is 1. The number of nitrogens with one attached hydrogen (secondary N) is 1. The van der Waals surface area contributed by atoms with Crippen LogP contribution >= 0.6 is 23.2 Å². The van der Waals surface area contributed by atoms with Gasteiger partial charge in [-0.1, -0.05) is 35.3 Å². The molecule has 1 amide bonds. The number of aromatic hydroxyl groups is 1. The summed E-state index contributed by atoms with van der Waals surface area (Å²) in [5.41, 5.74) is -0.648. The van der Waals surface area contributed by atoms with Crippen LogP contribution in [0.25, 0.3) is 0 Å². The number of carbonyl (C=O) groups excluding carboxylic acids is 1. The Labute approximate surface area is 129 Å². The van der Waals surface area contributed by atoms with Gasteiger partial charge in [-0.25, -0.2) is 0 Å². The van der Waals surface area contributed by atoms with Crippen LogP contribution in [0, 0.1) is 10.1 Å². The quantitative estimate of drug-likeness (QED) is 0.661. The van der Waals surface area contributed by atoms with Crippen LogP contribution in [-0.4, -0.2) is 15.9 Å². The van der Waals surface area contributed by atoms with Crippen molar-refractivity contribution >= 4 is 40.5 Å². The lowest BCUT2D eigenvalue weighted by Crippen LogP contribution is -2.13. The molecule has 8 heteroatoms. The third-order valence-electron chi connectivity index (χ3n) is 2.66. The Morgan fingerprint density at radius 2 is 1.71 bits per heavy atom. The van der Waals surface area contributed by atoms with Gasteiger partial charge < -0.3 is 10.4 Å². The van der Waals surface area contributed by atoms with Gasteiger partial charge in [-0.15, -0.1) is 0 Å². The summed E-state index contributed by atoms with van der Waals surface area (Å²) in [5, 5.41) is 23.3. The summed E-state index contributed by atoms with van der Waals surface area (Å²) in [6, 6.07) is 8.29. The van der Waals surface area contributed by atoms with E-state index < -0.39 is 22.3 Å². The second-order valence-electron chi connectivity index (χ2n) is 3.98. The zero-order valence-electron chi connectivity index (χ0n) is 10.3. The number of rotatable bonds is 3. The van der Waals surface area contributed by atoms with Crippen molar-refractivity contribution in [2.24, 2.45) is 0 Å². The van der Waals surface area contributed by atoms with Crippen molar-refractivity contribution in [3.8, 4) is 5.75 Å². The summed E-state index contributed by atoms with van der Waals surface area (Å²) < 4.78 is 0. The standard InChI is InChI=1S/C13H8Cl2N2O4/c14-8-4-2-5-9(15)11(8)16-13(19)7-3-1-6-10(12(7)18)17(20)21/h1-6,18H,(H,16,19). The summed E-state index contributed by atoms with van der Waals surface area (Å²) >= 11 is 11.8. The third-order valence-corrected chi connectivity index (χ3v) is 3.29. The van der Waals surface area contributed by atoms with Crippen LogP contribution in [0.15, 0.2) is 36.4 Å². The molecule has 0 saturated heterocycles. The van der Waals surface area contributed by atoms with Crippen LogP contribution in [0.2, 0.25) is 10.0 Å². The number of nitro groups is 1. The van der Waals surface area contributed by atoms with Gasteiger partial charge in [0.2, 0.25) is 5.75 Å². The van der Waals surface area contributed by atoms with Gasteiger partial charge in [0.05, 0.1) is 26.2 Å². The number of nitro benzene ring substituents is 1. The molecule has 0 aliphatic rings. The molecule has 2 aromatic rings. The highest BCUT2D eigenvalue weighted by Gasteiger charge is 2.21. The third kappa shape index (κ3) is 3.07. The molecule has 0 saturated carbocycles. The van der Waals surface area contributed by atoms with E-state index in [0.29, 0.717) is 0 Å². The van der Waals surface area contributed by atoms with E-state index in [1.165, 1.54) is 24.3 Å². The van der Waals surface area contributed by atoms with Crippen LogP contribution in [0.4, 0.5) is 11.4 Å². The molecule has 0 heterocycles. The molecule has 0 fully saturated rings. The van der Waals surface area contributed by atoms with Gasteiger partial charge in [-0.3, -0.25) is 14.9 Å². The molecule has 2 aromatic carbocycles. The van der Waals surface area contributed by atoms with Crippen LogP contribution in [0.3, 0.4) is 0 Å². The normalized spacial score (nSPS) is 10.2. The van der Waals surface area contributed by atoms with Crippen LogP contribution in [-0.2, 0) is 0 Å². The average Bonchev–Trinajstić information content (AvgIpc) is 2.42. The molecule has 0 atom stereocenters. The van der Waals surface area contributed by atoms with Crippen LogP contribution < -0.4 is 5.32 Å². The number of hydrogen-bond donors (Lipinski definition) is 2. The number of benzene rings is 2. The van der Waals surface area contributed by atoms with Crippen molar-refractivity contribution in [1.29, 1.82) is 0 Å². The Hall–Kier alpha value is -2.31. The molecule has 0 aliphatic carbocycles. The molecule has 0 unspecified atom stereocenters. The average molecular weight is 327 g/mol. The van der Waals surface area contributed by atoms with E-state index in [4.69, 9.17) is 23.2 Å². The summed E-state index contributed by atoms with van der Waals surface area (Å²) in [7, 11) is 0. The van der Waals surface area contributed by atoms with E-state index in [1.54, 1.807) is 6.07 Å². The number of anilines is 1. The number of amides is 1. The van der Waals surface area contributed by atoms with Crippen molar-refractivity contribution in [3.63, 3.8) is 0 Å². The molecule has 0 bridgehead atoms. The predicted octanol–water partition coefficient (Wildman–Crippen LogP) is 3.86. The number of para-hydroxylation sites is 2. The van der Waals surface area contributed by atoms with Crippen molar-refractivity contribution in [1.82, 2.24) is 0 Å². The number of halogens is 2. The van der Waals surface area contributed by atoms with E-state index in [0.717, 1.165) is 6.07 Å². The minimum absolute atomic E-state index is 0.164. The highest BCUT2D eigenvalue weighted by atomic mass is 35.5. The van der Waals surface area contributed by atoms with Crippen molar-refractivity contribution in [2.75, 3.05) is 5.32 Å². The first-order valence-corrected chi connectivity index (χ1v) is 6.39. The topological polar surface area (TPSA) is 92.5 Å². The lowest BCUT2D eigenvalue weighted by molar-refractivity contribution is -0.385. The lowest BCUT2D eigenvalue weighted by atomic mass is 10.1. The Morgan fingerprint density at radius 1 is 1.14 bits per heavy atom. The molecule has 21 heavy (non-hydrogen) atoms. The van der Waals surface area contributed by atoms with Gasteiger partial charge in [0.25, 0.3) is 5.91 Å². The molecular formula is C13H8Cl2N2O4. The fourth-order valence-corrected chi connectivity index (χ4v) is 2.15. The van der Waals surface area contributed by atoms with E-state index in [9.17, 15) is 20.0 Å². The van der Waals surface area contributed by atoms with Gasteiger partial charge in [0.15, 0.2) is 0 Å². The smallest absolute Gasteiger partial charge is 0.311 e. The highest BCUT2D eigenvalue weighted by Crippen LogP contribution is 2.33. The van der Waals surface area contributed by atoms with Crippen molar-refractivity contribution in [2.45, 2.75) is 0 Å². The van der Waals surface area contributed by atoms with E-state index >= 15 is 0 Å². The summed E-state index contributed by atoms with van der Waals surface area (Å²) in [6.45, 7) is 0. The zero-order chi connectivity index (χ0) is 15.6. The first-order chi connectivity index (χ1) is 9.91. The lowest BCUT2D eigenvalue weighted by Gasteiger charge is -2.10. The number of phenols is 1. The summed E-state index contributed by atoms with van der Waals surface area (Å²) in [5.74, 6) is -1.48. The largest absolute Gasteiger partial charge is 0.502 e. The summed E-state index contributed by atoms with van der Waals surface area (Å²) in [6.07, 6.45) is 0. The maximum Gasteiger partial charge on any atom is 0.311 e. The fraction of sp³-hybridized carbons (Fsp3) is 0. The van der Waals surface area contributed by atoms with Gasteiger partial charge in [0.1, 0.15) is 0 Å².